The number of nitro benzene ring substituents is 1. The first kappa shape index (κ1) is 22.1. The lowest BCUT2D eigenvalue weighted by atomic mass is 10.1. The molecule has 10 heteroatoms. The number of hydrogen-bond acceptors (Lipinski definition) is 6. The van der Waals surface area contributed by atoms with Gasteiger partial charge in [-0.1, -0.05) is 18.2 Å². The van der Waals surface area contributed by atoms with E-state index in [0.29, 0.717) is 5.56 Å². The number of hydrogen-bond donors (Lipinski definition) is 1. The number of halogens is 2. The van der Waals surface area contributed by atoms with E-state index in [4.69, 9.17) is 9.05 Å². The van der Waals surface area contributed by atoms with Crippen LogP contribution in [0.5, 0.6) is 0 Å². The maximum absolute atomic E-state index is 14.0. The molecule has 0 aliphatic carbocycles. The van der Waals surface area contributed by atoms with E-state index in [1.165, 1.54) is 30.3 Å². The molecule has 2 aromatic rings. The van der Waals surface area contributed by atoms with Gasteiger partial charge in [-0.3, -0.25) is 20.0 Å². The molecule has 28 heavy (non-hydrogen) atoms. The summed E-state index contributed by atoms with van der Waals surface area (Å²) in [7, 11) is -3.79. The van der Waals surface area contributed by atoms with Gasteiger partial charge in [-0.2, -0.15) is 0 Å². The zero-order chi connectivity index (χ0) is 20.7. The first-order valence-electron chi connectivity index (χ1n) is 8.61. The molecule has 0 saturated carbocycles. The van der Waals surface area contributed by atoms with Crippen molar-refractivity contribution in [3.8, 4) is 0 Å². The fourth-order valence-corrected chi connectivity index (χ4v) is 4.57. The van der Waals surface area contributed by atoms with Gasteiger partial charge in [0.25, 0.3) is 5.69 Å². The van der Waals surface area contributed by atoms with Crippen molar-refractivity contribution in [1.29, 1.82) is 0 Å². The van der Waals surface area contributed by atoms with Crippen molar-refractivity contribution < 1.29 is 27.3 Å². The zero-order valence-corrected chi connectivity index (χ0v) is 16.3. The number of nitrogens with one attached hydrogen (secondary N) is 1. The molecule has 1 unspecified atom stereocenters. The molecule has 0 spiro atoms. The van der Waals surface area contributed by atoms with Gasteiger partial charge in [0.1, 0.15) is 17.4 Å². The molecule has 1 N–H and O–H groups in total. The Kier molecular flexibility index (Phi) is 7.77. The standard InChI is InChI=1S/C18H21F2N2O5P/c1-3-26-28(25,27-4-2)18(13-6-5-7-16(10-13)22(23)24)21-12-14-8-9-15(19)11-17(14)20/h5-11,18,21H,3-4,12H2,1-2H3. The van der Waals surface area contributed by atoms with Crippen LogP contribution in [0.4, 0.5) is 14.5 Å². The van der Waals surface area contributed by atoms with Crippen LogP contribution < -0.4 is 5.32 Å². The number of rotatable bonds is 10. The van der Waals surface area contributed by atoms with Crippen molar-refractivity contribution in [2.75, 3.05) is 13.2 Å². The molecule has 0 bridgehead atoms. The third-order valence-electron chi connectivity index (χ3n) is 3.83. The van der Waals surface area contributed by atoms with Crippen LogP contribution >= 0.6 is 7.60 Å². The van der Waals surface area contributed by atoms with Crippen molar-refractivity contribution in [2.24, 2.45) is 0 Å². The topological polar surface area (TPSA) is 90.7 Å². The molecule has 0 fully saturated rings. The lowest BCUT2D eigenvalue weighted by Gasteiger charge is -2.27. The monoisotopic (exact) mass is 414 g/mol. The molecule has 0 heterocycles. The van der Waals surface area contributed by atoms with Gasteiger partial charge in [0, 0.05) is 30.3 Å². The number of benzene rings is 2. The van der Waals surface area contributed by atoms with E-state index in [1.807, 2.05) is 0 Å². The summed E-state index contributed by atoms with van der Waals surface area (Å²) in [5.41, 5.74) is 0.232. The van der Waals surface area contributed by atoms with Gasteiger partial charge < -0.3 is 9.05 Å². The Morgan fingerprint density at radius 3 is 2.39 bits per heavy atom. The highest BCUT2D eigenvalue weighted by atomic mass is 31.2. The summed E-state index contributed by atoms with van der Waals surface area (Å²) in [6, 6.07) is 8.64. The summed E-state index contributed by atoms with van der Waals surface area (Å²) in [5, 5.41) is 14.0. The summed E-state index contributed by atoms with van der Waals surface area (Å²) in [4.78, 5) is 10.5. The molecule has 0 amide bonds. The van der Waals surface area contributed by atoms with E-state index in [2.05, 4.69) is 5.32 Å². The van der Waals surface area contributed by atoms with Crippen LogP contribution in [-0.4, -0.2) is 18.1 Å². The molecule has 0 radical (unpaired) electrons. The van der Waals surface area contributed by atoms with Gasteiger partial charge in [0.15, 0.2) is 0 Å². The van der Waals surface area contributed by atoms with E-state index in [1.54, 1.807) is 13.8 Å². The second-order valence-electron chi connectivity index (χ2n) is 5.75. The molecular weight excluding hydrogens is 393 g/mol. The minimum absolute atomic E-state index is 0.0787. The highest BCUT2D eigenvalue weighted by Crippen LogP contribution is 2.59. The summed E-state index contributed by atoms with van der Waals surface area (Å²) >= 11 is 0. The molecule has 0 aromatic heterocycles. The Labute approximate surface area is 161 Å². The van der Waals surface area contributed by atoms with Crippen molar-refractivity contribution in [1.82, 2.24) is 5.32 Å². The van der Waals surface area contributed by atoms with Gasteiger partial charge >= 0.3 is 7.60 Å². The number of nitrogens with zero attached hydrogens (tertiary/aromatic N) is 1. The minimum Gasteiger partial charge on any atom is -0.308 e. The van der Waals surface area contributed by atoms with E-state index in [-0.39, 0.29) is 31.0 Å². The summed E-state index contributed by atoms with van der Waals surface area (Å²) in [6.07, 6.45) is 0. The molecule has 7 nitrogen and oxygen atoms in total. The van der Waals surface area contributed by atoms with Crippen molar-refractivity contribution in [3.05, 3.63) is 75.3 Å². The summed E-state index contributed by atoms with van der Waals surface area (Å²) in [6.45, 7) is 3.31. The van der Waals surface area contributed by atoms with E-state index < -0.39 is 29.9 Å². The van der Waals surface area contributed by atoms with Crippen LogP contribution in [0.25, 0.3) is 0 Å². The first-order valence-corrected chi connectivity index (χ1v) is 10.2. The van der Waals surface area contributed by atoms with Gasteiger partial charge in [-0.05, 0) is 25.5 Å². The molecule has 0 aliphatic rings. The minimum atomic E-state index is -3.79. The van der Waals surface area contributed by atoms with Crippen LogP contribution in [0.2, 0.25) is 0 Å². The molecule has 152 valence electrons. The van der Waals surface area contributed by atoms with Gasteiger partial charge in [0.2, 0.25) is 0 Å². The Bertz CT molecular complexity index is 871. The molecule has 2 aromatic carbocycles. The van der Waals surface area contributed by atoms with Crippen molar-refractivity contribution >= 4 is 13.3 Å². The van der Waals surface area contributed by atoms with E-state index in [9.17, 15) is 23.5 Å². The average molecular weight is 414 g/mol. The molecule has 0 aliphatic heterocycles. The largest absolute Gasteiger partial charge is 0.351 e. The molecule has 1 atom stereocenters. The third-order valence-corrected chi connectivity index (χ3v) is 6.18. The fourth-order valence-electron chi connectivity index (χ4n) is 2.64. The van der Waals surface area contributed by atoms with Crippen molar-refractivity contribution in [2.45, 2.75) is 26.2 Å². The normalized spacial score (nSPS) is 12.7. The van der Waals surface area contributed by atoms with Gasteiger partial charge in [-0.25, -0.2) is 8.78 Å². The fraction of sp³-hybridized carbons (Fsp3) is 0.333. The molecule has 0 saturated heterocycles. The predicted molar refractivity (Wildman–Crippen MR) is 99.9 cm³/mol. The smallest absolute Gasteiger partial charge is 0.308 e. The van der Waals surface area contributed by atoms with E-state index in [0.717, 1.165) is 12.1 Å². The highest BCUT2D eigenvalue weighted by molar-refractivity contribution is 7.54. The average Bonchev–Trinajstić information content (AvgIpc) is 2.64. The Morgan fingerprint density at radius 1 is 1.14 bits per heavy atom. The first-order chi connectivity index (χ1) is 13.3. The SMILES string of the molecule is CCOP(=O)(OCC)C(NCc1ccc(F)cc1F)c1cccc([N+](=O)[O-])c1. The maximum atomic E-state index is 14.0. The van der Waals surface area contributed by atoms with Gasteiger partial charge in [0.05, 0.1) is 18.1 Å². The maximum Gasteiger partial charge on any atom is 0.351 e. The lowest BCUT2D eigenvalue weighted by molar-refractivity contribution is -0.384. The number of nitro groups is 1. The van der Waals surface area contributed by atoms with Crippen LogP contribution in [-0.2, 0) is 20.2 Å². The van der Waals surface area contributed by atoms with Gasteiger partial charge in [-0.15, -0.1) is 0 Å². The third kappa shape index (κ3) is 5.42. The van der Waals surface area contributed by atoms with Crippen LogP contribution in [0, 0.1) is 21.7 Å². The lowest BCUT2D eigenvalue weighted by Crippen LogP contribution is -2.24. The second-order valence-corrected chi connectivity index (χ2v) is 7.86. The van der Waals surface area contributed by atoms with Crippen LogP contribution in [0.15, 0.2) is 42.5 Å². The highest BCUT2D eigenvalue weighted by Gasteiger charge is 2.37. The van der Waals surface area contributed by atoms with Crippen molar-refractivity contribution in [3.63, 3.8) is 0 Å². The molecule has 2 rings (SSSR count). The Balaban J connectivity index is 2.41. The van der Waals surface area contributed by atoms with E-state index >= 15 is 0 Å². The second kappa shape index (κ2) is 9.84. The molecular formula is C18H21F2N2O5P. The summed E-state index contributed by atoms with van der Waals surface area (Å²) in [5.74, 6) is -2.57. The predicted octanol–water partition coefficient (Wildman–Crippen LogP) is 4.93. The quantitative estimate of drug-likeness (QED) is 0.337. The Morgan fingerprint density at radius 2 is 1.82 bits per heavy atom. The zero-order valence-electron chi connectivity index (χ0n) is 15.4. The number of non-ortho nitro benzene ring substituents is 1. The summed E-state index contributed by atoms with van der Waals surface area (Å²) < 4.78 is 51.1. The van der Waals surface area contributed by atoms with Crippen LogP contribution in [0.1, 0.15) is 30.8 Å². The van der Waals surface area contributed by atoms with Crippen LogP contribution in [0.3, 0.4) is 0 Å². The Hall–Kier alpha value is -2.19.